The normalized spacial score (nSPS) is 18.1. The van der Waals surface area contributed by atoms with Crippen LogP contribution in [0.5, 0.6) is 11.5 Å². The number of phenolic OH excluding ortho intramolecular Hbond substituents is 1. The third-order valence-corrected chi connectivity index (χ3v) is 4.60. The highest BCUT2D eigenvalue weighted by molar-refractivity contribution is 7.15. The molecule has 1 unspecified atom stereocenters. The van der Waals surface area contributed by atoms with Gasteiger partial charge in [0.2, 0.25) is 0 Å². The van der Waals surface area contributed by atoms with E-state index in [2.05, 4.69) is 4.98 Å². The number of aryl methyl sites for hydroxylation is 1. The molecule has 0 aliphatic heterocycles. The maximum absolute atomic E-state index is 9.83. The van der Waals surface area contributed by atoms with Crippen LogP contribution in [-0.2, 0) is 6.42 Å². The fourth-order valence-electron chi connectivity index (χ4n) is 2.40. The first-order valence-corrected chi connectivity index (χ1v) is 7.13. The van der Waals surface area contributed by atoms with Gasteiger partial charge in [-0.2, -0.15) is 0 Å². The molecular formula is C14H16N2O2S. The lowest BCUT2D eigenvalue weighted by molar-refractivity contribution is 0.373. The van der Waals surface area contributed by atoms with Gasteiger partial charge in [0, 0.05) is 16.5 Å². The maximum atomic E-state index is 9.83. The van der Waals surface area contributed by atoms with Gasteiger partial charge in [0.05, 0.1) is 12.8 Å². The minimum absolute atomic E-state index is 0.0561. The molecule has 1 aromatic carbocycles. The maximum Gasteiger partial charge on any atom is 0.160 e. The Morgan fingerprint density at radius 1 is 1.47 bits per heavy atom. The smallest absolute Gasteiger partial charge is 0.160 e. The number of rotatable bonds is 2. The van der Waals surface area contributed by atoms with E-state index in [9.17, 15) is 5.11 Å². The first kappa shape index (κ1) is 12.4. The number of nitrogens with zero attached hydrogens (tertiary/aromatic N) is 1. The van der Waals surface area contributed by atoms with E-state index >= 15 is 0 Å². The monoisotopic (exact) mass is 276 g/mol. The van der Waals surface area contributed by atoms with Crippen LogP contribution < -0.4 is 10.5 Å². The molecule has 4 nitrogen and oxygen atoms in total. The largest absolute Gasteiger partial charge is 0.504 e. The van der Waals surface area contributed by atoms with Crippen molar-refractivity contribution in [3.63, 3.8) is 0 Å². The van der Waals surface area contributed by atoms with Crippen molar-refractivity contribution in [3.8, 4) is 22.1 Å². The molecule has 0 bridgehead atoms. The van der Waals surface area contributed by atoms with Crippen molar-refractivity contribution in [1.82, 2.24) is 4.98 Å². The summed E-state index contributed by atoms with van der Waals surface area (Å²) >= 11 is 1.67. The molecule has 5 heteroatoms. The summed E-state index contributed by atoms with van der Waals surface area (Å²) in [6, 6.07) is 5.41. The van der Waals surface area contributed by atoms with E-state index in [0.717, 1.165) is 35.5 Å². The number of fused-ring (bicyclic) bond motifs is 1. The van der Waals surface area contributed by atoms with Gasteiger partial charge in [-0.1, -0.05) is 0 Å². The Kier molecular flexibility index (Phi) is 3.16. The van der Waals surface area contributed by atoms with Crippen LogP contribution in [-0.4, -0.2) is 17.2 Å². The molecule has 0 fully saturated rings. The Hall–Kier alpha value is -1.59. The molecule has 3 rings (SSSR count). The molecule has 1 heterocycles. The molecule has 0 radical (unpaired) electrons. The van der Waals surface area contributed by atoms with E-state index in [1.165, 1.54) is 12.0 Å². The predicted octanol–water partition coefficient (Wildman–Crippen LogP) is 2.86. The first-order valence-electron chi connectivity index (χ1n) is 6.31. The van der Waals surface area contributed by atoms with Gasteiger partial charge in [-0.3, -0.25) is 0 Å². The number of nitrogens with two attached hydrogens (primary N) is 1. The van der Waals surface area contributed by atoms with Crippen LogP contribution in [0.1, 0.15) is 29.5 Å². The highest BCUT2D eigenvalue weighted by Crippen LogP contribution is 2.38. The van der Waals surface area contributed by atoms with Crippen LogP contribution in [0, 0.1) is 0 Å². The van der Waals surface area contributed by atoms with Crippen LogP contribution in [0.4, 0.5) is 0 Å². The summed E-state index contributed by atoms with van der Waals surface area (Å²) in [5.74, 6) is 0.610. The van der Waals surface area contributed by atoms with Crippen molar-refractivity contribution in [2.24, 2.45) is 5.73 Å². The second-order valence-electron chi connectivity index (χ2n) is 4.71. The molecule has 19 heavy (non-hydrogen) atoms. The molecule has 0 saturated carbocycles. The second-order valence-corrected chi connectivity index (χ2v) is 5.80. The lowest BCUT2D eigenvalue weighted by Crippen LogP contribution is -2.16. The summed E-state index contributed by atoms with van der Waals surface area (Å²) in [5, 5.41) is 10.8. The molecule has 100 valence electrons. The molecule has 1 aliphatic carbocycles. The van der Waals surface area contributed by atoms with Crippen molar-refractivity contribution < 1.29 is 9.84 Å². The zero-order valence-corrected chi connectivity index (χ0v) is 11.5. The quantitative estimate of drug-likeness (QED) is 0.885. The molecule has 0 saturated heterocycles. The predicted molar refractivity (Wildman–Crippen MR) is 75.6 cm³/mol. The Balaban J connectivity index is 2.01. The number of benzene rings is 1. The Labute approximate surface area is 115 Å². The third-order valence-electron chi connectivity index (χ3n) is 3.42. The van der Waals surface area contributed by atoms with Gasteiger partial charge in [-0.05, 0) is 37.5 Å². The van der Waals surface area contributed by atoms with Crippen molar-refractivity contribution in [1.29, 1.82) is 0 Å². The number of methoxy groups -OCH3 is 1. The average Bonchev–Trinajstić information content (AvgIpc) is 2.84. The summed E-state index contributed by atoms with van der Waals surface area (Å²) in [6.45, 7) is 0. The highest BCUT2D eigenvalue weighted by atomic mass is 32.1. The van der Waals surface area contributed by atoms with Gasteiger partial charge in [0.1, 0.15) is 5.01 Å². The van der Waals surface area contributed by atoms with Crippen LogP contribution in [0.3, 0.4) is 0 Å². The first-order chi connectivity index (χ1) is 9.19. The average molecular weight is 276 g/mol. The second kappa shape index (κ2) is 4.83. The van der Waals surface area contributed by atoms with E-state index in [-0.39, 0.29) is 11.8 Å². The fourth-order valence-corrected chi connectivity index (χ4v) is 3.57. The number of hydrogen-bond donors (Lipinski definition) is 2. The number of hydrogen-bond acceptors (Lipinski definition) is 5. The Morgan fingerprint density at radius 2 is 2.32 bits per heavy atom. The van der Waals surface area contributed by atoms with E-state index in [1.54, 1.807) is 23.5 Å². The molecule has 2 aromatic rings. The van der Waals surface area contributed by atoms with E-state index in [4.69, 9.17) is 10.5 Å². The molecule has 1 aromatic heterocycles. The standard InChI is InChI=1S/C14H16N2O2S/c1-18-11-6-5-8(7-10(11)17)14-16-13-9(15)3-2-4-12(13)19-14/h5-7,9,17H,2-4,15H2,1H3. The highest BCUT2D eigenvalue weighted by Gasteiger charge is 2.22. The molecule has 1 aliphatic rings. The van der Waals surface area contributed by atoms with E-state index < -0.39 is 0 Å². The van der Waals surface area contributed by atoms with Crippen LogP contribution in [0.2, 0.25) is 0 Å². The topological polar surface area (TPSA) is 68.4 Å². The number of phenols is 1. The summed E-state index contributed by atoms with van der Waals surface area (Å²) in [7, 11) is 1.54. The lowest BCUT2D eigenvalue weighted by Gasteiger charge is -2.15. The zero-order valence-electron chi connectivity index (χ0n) is 10.7. The van der Waals surface area contributed by atoms with Gasteiger partial charge in [-0.15, -0.1) is 11.3 Å². The Morgan fingerprint density at radius 3 is 3.00 bits per heavy atom. The van der Waals surface area contributed by atoms with Crippen LogP contribution in [0.15, 0.2) is 18.2 Å². The summed E-state index contributed by atoms with van der Waals surface area (Å²) in [5.41, 5.74) is 8.02. The van der Waals surface area contributed by atoms with Crippen molar-refractivity contribution in [3.05, 3.63) is 28.8 Å². The van der Waals surface area contributed by atoms with Crippen molar-refractivity contribution in [2.45, 2.75) is 25.3 Å². The van der Waals surface area contributed by atoms with Crippen LogP contribution in [0.25, 0.3) is 10.6 Å². The molecule has 3 N–H and O–H groups in total. The zero-order chi connectivity index (χ0) is 13.4. The SMILES string of the molecule is COc1ccc(-c2nc3c(s2)CCCC3N)cc1O. The molecule has 0 spiro atoms. The van der Waals surface area contributed by atoms with Gasteiger partial charge in [0.15, 0.2) is 11.5 Å². The minimum Gasteiger partial charge on any atom is -0.504 e. The van der Waals surface area contributed by atoms with Crippen molar-refractivity contribution >= 4 is 11.3 Å². The Bertz CT molecular complexity index is 609. The lowest BCUT2D eigenvalue weighted by atomic mass is 9.99. The van der Waals surface area contributed by atoms with Gasteiger partial charge >= 0.3 is 0 Å². The molecular weight excluding hydrogens is 260 g/mol. The van der Waals surface area contributed by atoms with E-state index in [0.29, 0.717) is 5.75 Å². The number of aromatic nitrogens is 1. The summed E-state index contributed by atoms with van der Waals surface area (Å²) in [6.07, 6.45) is 3.19. The number of thiazole rings is 1. The number of ether oxygens (including phenoxy) is 1. The minimum atomic E-state index is 0.0561. The summed E-state index contributed by atoms with van der Waals surface area (Å²) in [4.78, 5) is 5.92. The summed E-state index contributed by atoms with van der Waals surface area (Å²) < 4.78 is 5.05. The molecule has 0 amide bonds. The van der Waals surface area contributed by atoms with Gasteiger partial charge in [-0.25, -0.2) is 4.98 Å². The van der Waals surface area contributed by atoms with Gasteiger partial charge < -0.3 is 15.6 Å². The van der Waals surface area contributed by atoms with Crippen molar-refractivity contribution in [2.75, 3.05) is 7.11 Å². The van der Waals surface area contributed by atoms with Gasteiger partial charge in [0.25, 0.3) is 0 Å². The molecule has 1 atom stereocenters. The third kappa shape index (κ3) is 2.19. The van der Waals surface area contributed by atoms with E-state index in [1.807, 2.05) is 6.07 Å². The number of aromatic hydroxyl groups is 1. The van der Waals surface area contributed by atoms with Crippen LogP contribution >= 0.6 is 11.3 Å². The fraction of sp³-hybridized carbons (Fsp3) is 0.357.